The normalized spacial score (nSPS) is 13.6. The molecule has 2 unspecified atom stereocenters. The second-order valence-electron chi connectivity index (χ2n) is 4.56. The fraction of sp³-hybridized carbons (Fsp3) is 0.267. The van der Waals surface area contributed by atoms with Crippen molar-refractivity contribution in [3.8, 4) is 6.07 Å². The first-order chi connectivity index (χ1) is 9.15. The van der Waals surface area contributed by atoms with Crippen molar-refractivity contribution in [1.29, 1.82) is 5.26 Å². The van der Waals surface area contributed by atoms with Crippen LogP contribution in [0.4, 0.5) is 5.69 Å². The Hall–Kier alpha value is -1.83. The molecule has 0 aliphatic heterocycles. The molecule has 0 saturated heterocycles. The summed E-state index contributed by atoms with van der Waals surface area (Å²) in [4.78, 5) is 3.31. The number of hydrogen-bond donors (Lipinski definition) is 1. The molecule has 1 heterocycles. The zero-order valence-electron chi connectivity index (χ0n) is 11.1. The third-order valence-corrected chi connectivity index (χ3v) is 4.10. The fourth-order valence-electron chi connectivity index (χ4n) is 2.29. The first-order valence-corrected chi connectivity index (χ1v) is 7.04. The lowest BCUT2D eigenvalue weighted by Gasteiger charge is -2.32. The maximum Gasteiger partial charge on any atom is 0.101 e. The standard InChI is InChI=1S/C15H17N3S/c1-11(17)15(14-8-5-9-19-14)18(2)13-7-4-3-6-12(13)10-16/h3-9,11,15H,17H2,1-2H3. The molecule has 2 rings (SSSR count). The summed E-state index contributed by atoms with van der Waals surface area (Å²) in [5.74, 6) is 0. The van der Waals surface area contributed by atoms with Crippen molar-refractivity contribution < 1.29 is 0 Å². The number of hydrogen-bond acceptors (Lipinski definition) is 4. The number of anilines is 1. The number of nitrogens with zero attached hydrogens (tertiary/aromatic N) is 2. The van der Waals surface area contributed by atoms with Crippen molar-refractivity contribution in [2.75, 3.05) is 11.9 Å². The highest BCUT2D eigenvalue weighted by molar-refractivity contribution is 7.10. The van der Waals surface area contributed by atoms with Crippen LogP contribution in [0.3, 0.4) is 0 Å². The molecule has 1 aromatic carbocycles. The summed E-state index contributed by atoms with van der Waals surface area (Å²) in [6.07, 6.45) is 0. The highest BCUT2D eigenvalue weighted by Crippen LogP contribution is 2.32. The molecule has 19 heavy (non-hydrogen) atoms. The van der Waals surface area contributed by atoms with Crippen molar-refractivity contribution >= 4 is 17.0 Å². The van der Waals surface area contributed by atoms with E-state index in [2.05, 4.69) is 22.4 Å². The molecular weight excluding hydrogens is 254 g/mol. The third kappa shape index (κ3) is 2.78. The largest absolute Gasteiger partial charge is 0.364 e. The van der Waals surface area contributed by atoms with Gasteiger partial charge < -0.3 is 10.6 Å². The predicted molar refractivity (Wildman–Crippen MR) is 80.3 cm³/mol. The van der Waals surface area contributed by atoms with E-state index in [1.165, 1.54) is 4.88 Å². The van der Waals surface area contributed by atoms with Crippen LogP contribution >= 0.6 is 11.3 Å². The molecule has 2 N–H and O–H groups in total. The van der Waals surface area contributed by atoms with Crippen LogP contribution in [0.25, 0.3) is 0 Å². The Morgan fingerprint density at radius 2 is 2.00 bits per heavy atom. The molecule has 98 valence electrons. The first-order valence-electron chi connectivity index (χ1n) is 6.16. The molecule has 0 fully saturated rings. The van der Waals surface area contributed by atoms with Crippen LogP contribution in [0.15, 0.2) is 41.8 Å². The topological polar surface area (TPSA) is 53.0 Å². The number of benzene rings is 1. The van der Waals surface area contributed by atoms with Crippen molar-refractivity contribution in [3.05, 3.63) is 52.2 Å². The van der Waals surface area contributed by atoms with E-state index in [4.69, 9.17) is 5.73 Å². The minimum Gasteiger partial charge on any atom is -0.364 e. The number of para-hydroxylation sites is 1. The molecule has 4 heteroatoms. The molecule has 0 radical (unpaired) electrons. The fourth-order valence-corrected chi connectivity index (χ4v) is 3.27. The molecule has 0 spiro atoms. The first kappa shape index (κ1) is 13.6. The molecular formula is C15H17N3S. The van der Waals surface area contributed by atoms with Gasteiger partial charge in [0, 0.05) is 18.0 Å². The predicted octanol–water partition coefficient (Wildman–Crippen LogP) is 3.14. The average Bonchev–Trinajstić information content (AvgIpc) is 2.92. The van der Waals surface area contributed by atoms with Crippen molar-refractivity contribution in [3.63, 3.8) is 0 Å². The van der Waals surface area contributed by atoms with Gasteiger partial charge in [-0.3, -0.25) is 0 Å². The summed E-state index contributed by atoms with van der Waals surface area (Å²) in [6, 6.07) is 14.0. The van der Waals surface area contributed by atoms with Crippen LogP contribution in [0.1, 0.15) is 23.4 Å². The Balaban J connectivity index is 2.41. The van der Waals surface area contributed by atoms with Gasteiger partial charge in [-0.1, -0.05) is 18.2 Å². The summed E-state index contributed by atoms with van der Waals surface area (Å²) in [5, 5.41) is 11.3. The van der Waals surface area contributed by atoms with E-state index < -0.39 is 0 Å². The maximum absolute atomic E-state index is 9.21. The summed E-state index contributed by atoms with van der Waals surface area (Å²) in [7, 11) is 1.99. The van der Waals surface area contributed by atoms with Crippen molar-refractivity contribution in [2.24, 2.45) is 5.73 Å². The minimum atomic E-state index is -0.0181. The zero-order chi connectivity index (χ0) is 13.8. The zero-order valence-corrected chi connectivity index (χ0v) is 11.9. The molecule has 0 aliphatic carbocycles. The van der Waals surface area contributed by atoms with Gasteiger partial charge in [-0.05, 0) is 30.5 Å². The van der Waals surface area contributed by atoms with E-state index in [0.717, 1.165) is 5.69 Å². The van der Waals surface area contributed by atoms with Gasteiger partial charge in [-0.15, -0.1) is 11.3 Å². The monoisotopic (exact) mass is 271 g/mol. The second-order valence-corrected chi connectivity index (χ2v) is 5.54. The summed E-state index contributed by atoms with van der Waals surface area (Å²) in [6.45, 7) is 2.00. The van der Waals surface area contributed by atoms with Gasteiger partial charge in [0.15, 0.2) is 0 Å². The highest BCUT2D eigenvalue weighted by atomic mass is 32.1. The van der Waals surface area contributed by atoms with Crippen LogP contribution in [0.5, 0.6) is 0 Å². The molecule has 2 atom stereocenters. The lowest BCUT2D eigenvalue weighted by atomic mass is 10.1. The molecule has 0 aliphatic rings. The number of likely N-dealkylation sites (N-methyl/N-ethyl adjacent to an activating group) is 1. The highest BCUT2D eigenvalue weighted by Gasteiger charge is 2.23. The van der Waals surface area contributed by atoms with E-state index in [1.807, 2.05) is 44.3 Å². The smallest absolute Gasteiger partial charge is 0.101 e. The Morgan fingerprint density at radius 3 is 2.58 bits per heavy atom. The number of thiophene rings is 1. The molecule has 0 amide bonds. The van der Waals surface area contributed by atoms with E-state index in [-0.39, 0.29) is 12.1 Å². The van der Waals surface area contributed by atoms with Crippen LogP contribution < -0.4 is 10.6 Å². The van der Waals surface area contributed by atoms with Gasteiger partial charge in [0.05, 0.1) is 17.3 Å². The van der Waals surface area contributed by atoms with Gasteiger partial charge in [0.25, 0.3) is 0 Å². The molecule has 0 bridgehead atoms. The summed E-state index contributed by atoms with van der Waals surface area (Å²) < 4.78 is 0. The maximum atomic E-state index is 9.21. The molecule has 3 nitrogen and oxygen atoms in total. The molecule has 2 aromatic rings. The Kier molecular flexibility index (Phi) is 4.20. The van der Waals surface area contributed by atoms with Crippen molar-refractivity contribution in [1.82, 2.24) is 0 Å². The van der Waals surface area contributed by atoms with Crippen LogP contribution in [0.2, 0.25) is 0 Å². The quantitative estimate of drug-likeness (QED) is 0.929. The van der Waals surface area contributed by atoms with E-state index >= 15 is 0 Å². The van der Waals surface area contributed by atoms with Crippen LogP contribution in [-0.4, -0.2) is 13.1 Å². The number of nitrogens with two attached hydrogens (primary N) is 1. The van der Waals surface area contributed by atoms with E-state index in [9.17, 15) is 5.26 Å². The average molecular weight is 271 g/mol. The molecule has 1 aromatic heterocycles. The number of rotatable bonds is 4. The summed E-state index contributed by atoms with van der Waals surface area (Å²) in [5.41, 5.74) is 7.73. The Labute approximate surface area is 117 Å². The minimum absolute atomic E-state index is 0.0181. The van der Waals surface area contributed by atoms with Gasteiger partial charge in [0.2, 0.25) is 0 Å². The lowest BCUT2D eigenvalue weighted by molar-refractivity contribution is 0.566. The van der Waals surface area contributed by atoms with Gasteiger partial charge in [0.1, 0.15) is 6.07 Å². The van der Waals surface area contributed by atoms with E-state index in [0.29, 0.717) is 5.56 Å². The molecule has 0 saturated carbocycles. The second kappa shape index (κ2) is 5.87. The van der Waals surface area contributed by atoms with Gasteiger partial charge >= 0.3 is 0 Å². The van der Waals surface area contributed by atoms with Crippen molar-refractivity contribution in [2.45, 2.75) is 19.0 Å². The lowest BCUT2D eigenvalue weighted by Crippen LogP contribution is -2.37. The van der Waals surface area contributed by atoms with Crippen LogP contribution in [-0.2, 0) is 0 Å². The van der Waals surface area contributed by atoms with Crippen LogP contribution in [0, 0.1) is 11.3 Å². The Bertz CT molecular complexity index is 569. The third-order valence-electron chi connectivity index (χ3n) is 3.15. The van der Waals surface area contributed by atoms with Gasteiger partial charge in [-0.2, -0.15) is 5.26 Å². The summed E-state index contributed by atoms with van der Waals surface area (Å²) >= 11 is 1.69. The SMILES string of the molecule is CC(N)C(c1cccs1)N(C)c1ccccc1C#N. The number of nitriles is 1. The van der Waals surface area contributed by atoms with E-state index in [1.54, 1.807) is 11.3 Å². The Morgan fingerprint density at radius 1 is 1.26 bits per heavy atom. The van der Waals surface area contributed by atoms with Gasteiger partial charge in [-0.25, -0.2) is 0 Å².